The summed E-state index contributed by atoms with van der Waals surface area (Å²) in [6.45, 7) is 0. The van der Waals surface area contributed by atoms with E-state index >= 15 is 0 Å². The fourth-order valence-corrected chi connectivity index (χ4v) is 4.57. The topological polar surface area (TPSA) is 59.9 Å². The van der Waals surface area contributed by atoms with Gasteiger partial charge >= 0.3 is 0 Å². The minimum Gasteiger partial charge on any atom is -0.447 e. The normalized spacial score (nSPS) is 14.9. The van der Waals surface area contributed by atoms with E-state index in [9.17, 15) is 0 Å². The van der Waals surface area contributed by atoms with Crippen molar-refractivity contribution in [3.05, 3.63) is 81.5 Å². The fourth-order valence-electron chi connectivity index (χ4n) is 3.01. The number of ether oxygens (including phenoxy) is 1. The molecule has 5 rings (SSSR count). The number of aromatic nitrogens is 3. The van der Waals surface area contributed by atoms with Crippen LogP contribution in [0.25, 0.3) is 11.3 Å². The van der Waals surface area contributed by atoms with Crippen molar-refractivity contribution in [3.63, 3.8) is 0 Å². The van der Waals surface area contributed by atoms with E-state index in [1.165, 1.54) is 11.8 Å². The Morgan fingerprint density at radius 2 is 1.90 bits per heavy atom. The standard InChI is InChI=1S/C21H15ClN4OS2/c22-14-9-7-13(8-10-14)12-29-21-24-20-18(25-26-21)15-4-1-2-5-16(15)23-19(27-20)17-6-3-11-28-17/h1-11,19,23H,12H2/t19-/m0/s1. The average molecular weight is 439 g/mol. The molecular weight excluding hydrogens is 424 g/mol. The number of nitrogens with zero attached hydrogens (tertiary/aromatic N) is 3. The van der Waals surface area contributed by atoms with Crippen LogP contribution in [0.3, 0.4) is 0 Å². The predicted molar refractivity (Wildman–Crippen MR) is 118 cm³/mol. The summed E-state index contributed by atoms with van der Waals surface area (Å²) in [6, 6.07) is 19.8. The summed E-state index contributed by atoms with van der Waals surface area (Å²) in [4.78, 5) is 5.74. The number of nitrogens with one attached hydrogen (secondary N) is 1. The SMILES string of the molecule is Clc1ccc(CSc2nnc3c(n2)O[C@@H](c2cccs2)Nc2ccccc2-3)cc1. The molecule has 29 heavy (non-hydrogen) atoms. The minimum absolute atomic E-state index is 0.330. The monoisotopic (exact) mass is 438 g/mol. The van der Waals surface area contributed by atoms with Crippen molar-refractivity contribution in [2.75, 3.05) is 5.32 Å². The molecule has 4 aromatic rings. The maximum Gasteiger partial charge on any atom is 0.247 e. The number of benzene rings is 2. The van der Waals surface area contributed by atoms with Gasteiger partial charge in [0.2, 0.25) is 17.3 Å². The first-order chi connectivity index (χ1) is 14.3. The van der Waals surface area contributed by atoms with Crippen LogP contribution in [0.2, 0.25) is 5.02 Å². The second kappa shape index (κ2) is 8.02. The third-order valence-electron chi connectivity index (χ3n) is 4.42. The molecule has 1 aliphatic rings. The third kappa shape index (κ3) is 3.94. The molecule has 0 unspecified atom stereocenters. The van der Waals surface area contributed by atoms with Crippen LogP contribution in [0.15, 0.2) is 71.2 Å². The fraction of sp³-hybridized carbons (Fsp3) is 0.0952. The van der Waals surface area contributed by atoms with Gasteiger partial charge in [0.15, 0.2) is 5.69 Å². The Morgan fingerprint density at radius 3 is 2.72 bits per heavy atom. The number of thiophene rings is 1. The molecule has 0 amide bonds. The summed E-state index contributed by atoms with van der Waals surface area (Å²) in [7, 11) is 0. The minimum atomic E-state index is -0.330. The summed E-state index contributed by atoms with van der Waals surface area (Å²) in [5, 5.41) is 15.5. The van der Waals surface area contributed by atoms with Crippen LogP contribution >= 0.6 is 34.7 Å². The Kier molecular flexibility index (Phi) is 5.10. The van der Waals surface area contributed by atoms with Crippen molar-refractivity contribution in [2.24, 2.45) is 0 Å². The summed E-state index contributed by atoms with van der Waals surface area (Å²) < 4.78 is 6.25. The van der Waals surface area contributed by atoms with Gasteiger partial charge in [-0.25, -0.2) is 0 Å². The van der Waals surface area contributed by atoms with Crippen LogP contribution in [0.1, 0.15) is 16.7 Å². The lowest BCUT2D eigenvalue weighted by Crippen LogP contribution is -2.15. The van der Waals surface area contributed by atoms with Crippen molar-refractivity contribution in [3.8, 4) is 17.1 Å². The molecule has 1 N–H and O–H groups in total. The molecule has 0 radical (unpaired) electrons. The molecule has 2 aromatic carbocycles. The molecule has 1 aliphatic heterocycles. The summed E-state index contributed by atoms with van der Waals surface area (Å²) in [5.41, 5.74) is 3.66. The molecule has 1 atom stereocenters. The number of hydrogen-bond donors (Lipinski definition) is 1. The van der Waals surface area contributed by atoms with Gasteiger partial charge in [0.05, 0.1) is 4.88 Å². The van der Waals surface area contributed by atoms with Crippen LogP contribution in [0.4, 0.5) is 5.69 Å². The number of thioether (sulfide) groups is 1. The Bertz CT molecular complexity index is 1140. The van der Waals surface area contributed by atoms with Crippen LogP contribution < -0.4 is 10.1 Å². The van der Waals surface area contributed by atoms with E-state index in [4.69, 9.17) is 16.3 Å². The van der Waals surface area contributed by atoms with Gasteiger partial charge in [-0.15, -0.1) is 21.5 Å². The Labute approximate surface area is 181 Å². The predicted octanol–water partition coefficient (Wildman–Crippen LogP) is 6.05. The summed E-state index contributed by atoms with van der Waals surface area (Å²) >= 11 is 9.10. The van der Waals surface area contributed by atoms with Crippen molar-refractivity contribution < 1.29 is 4.74 Å². The van der Waals surface area contributed by atoms with E-state index in [2.05, 4.69) is 20.5 Å². The molecule has 0 fully saturated rings. The Morgan fingerprint density at radius 1 is 1.03 bits per heavy atom. The molecule has 5 nitrogen and oxygen atoms in total. The van der Waals surface area contributed by atoms with E-state index in [1.807, 2.05) is 66.0 Å². The molecule has 3 heterocycles. The van der Waals surface area contributed by atoms with E-state index in [0.717, 1.165) is 32.5 Å². The van der Waals surface area contributed by atoms with E-state index in [0.29, 0.717) is 16.7 Å². The molecule has 2 aromatic heterocycles. The molecule has 0 bridgehead atoms. The lowest BCUT2D eigenvalue weighted by molar-refractivity contribution is 0.229. The van der Waals surface area contributed by atoms with Crippen LogP contribution in [0, 0.1) is 0 Å². The lowest BCUT2D eigenvalue weighted by Gasteiger charge is -2.17. The molecule has 144 valence electrons. The molecule has 8 heteroatoms. The number of fused-ring (bicyclic) bond motifs is 3. The van der Waals surface area contributed by atoms with Crippen LogP contribution in [-0.2, 0) is 5.75 Å². The zero-order valence-corrected chi connectivity index (χ0v) is 17.5. The number of rotatable bonds is 4. The van der Waals surface area contributed by atoms with Gasteiger partial charge in [-0.3, -0.25) is 0 Å². The van der Waals surface area contributed by atoms with Gasteiger partial charge in [0, 0.05) is 22.0 Å². The zero-order chi connectivity index (χ0) is 19.6. The second-order valence-electron chi connectivity index (χ2n) is 6.37. The summed E-state index contributed by atoms with van der Waals surface area (Å²) in [6.07, 6.45) is -0.330. The first kappa shape index (κ1) is 18.4. The number of hydrogen-bond acceptors (Lipinski definition) is 7. The van der Waals surface area contributed by atoms with E-state index in [1.54, 1.807) is 11.3 Å². The van der Waals surface area contributed by atoms with Crippen molar-refractivity contribution >= 4 is 40.4 Å². The molecular formula is C21H15ClN4OS2. The third-order valence-corrected chi connectivity index (χ3v) is 6.49. The van der Waals surface area contributed by atoms with Crippen molar-refractivity contribution in [1.29, 1.82) is 0 Å². The quantitative estimate of drug-likeness (QED) is 0.391. The summed E-state index contributed by atoms with van der Waals surface area (Å²) in [5.74, 6) is 1.20. The smallest absolute Gasteiger partial charge is 0.247 e. The number of para-hydroxylation sites is 1. The van der Waals surface area contributed by atoms with Crippen LogP contribution in [-0.4, -0.2) is 15.2 Å². The van der Waals surface area contributed by atoms with E-state index in [-0.39, 0.29) is 6.23 Å². The maximum atomic E-state index is 6.25. The largest absolute Gasteiger partial charge is 0.447 e. The second-order valence-corrected chi connectivity index (χ2v) is 8.72. The van der Waals surface area contributed by atoms with E-state index < -0.39 is 0 Å². The zero-order valence-electron chi connectivity index (χ0n) is 15.1. The van der Waals surface area contributed by atoms with Crippen molar-refractivity contribution in [1.82, 2.24) is 15.2 Å². The first-order valence-corrected chi connectivity index (χ1v) is 11.2. The number of halogens is 1. The highest BCUT2D eigenvalue weighted by molar-refractivity contribution is 7.98. The van der Waals surface area contributed by atoms with Gasteiger partial charge in [-0.1, -0.05) is 59.8 Å². The van der Waals surface area contributed by atoms with Crippen molar-refractivity contribution in [2.45, 2.75) is 17.1 Å². The first-order valence-electron chi connectivity index (χ1n) is 8.94. The maximum absolute atomic E-state index is 6.25. The van der Waals surface area contributed by atoms with Gasteiger partial charge < -0.3 is 10.1 Å². The molecule has 0 aliphatic carbocycles. The highest BCUT2D eigenvalue weighted by Gasteiger charge is 2.26. The molecule has 0 saturated heterocycles. The molecule has 0 spiro atoms. The van der Waals surface area contributed by atoms with Gasteiger partial charge in [0.25, 0.3) is 0 Å². The van der Waals surface area contributed by atoms with Crippen LogP contribution in [0.5, 0.6) is 5.88 Å². The Hall–Kier alpha value is -2.61. The highest BCUT2D eigenvalue weighted by Crippen LogP contribution is 2.40. The highest BCUT2D eigenvalue weighted by atomic mass is 35.5. The van der Waals surface area contributed by atoms with Gasteiger partial charge in [0.1, 0.15) is 0 Å². The molecule has 0 saturated carbocycles. The number of anilines is 1. The Balaban J connectivity index is 1.47. The average Bonchev–Trinajstić information content (AvgIpc) is 3.23. The lowest BCUT2D eigenvalue weighted by atomic mass is 10.1. The van der Waals surface area contributed by atoms with Gasteiger partial charge in [-0.05, 0) is 35.2 Å². The van der Waals surface area contributed by atoms with Gasteiger partial charge in [-0.2, -0.15) is 4.98 Å².